The van der Waals surface area contributed by atoms with Gasteiger partial charge in [0.05, 0.1) is 0 Å². The van der Waals surface area contributed by atoms with Gasteiger partial charge < -0.3 is 5.32 Å². The van der Waals surface area contributed by atoms with Crippen molar-refractivity contribution in [2.24, 2.45) is 0 Å². The molecule has 0 amide bonds. The number of hydrogen-bond donors (Lipinski definition) is 1. The Hall–Kier alpha value is -1.55. The molecule has 1 aromatic carbocycles. The molecule has 0 unspecified atom stereocenters. The average Bonchev–Trinajstić information content (AvgIpc) is 2.39. The van der Waals surface area contributed by atoms with Gasteiger partial charge in [-0.1, -0.05) is 12.1 Å². The van der Waals surface area contributed by atoms with Crippen molar-refractivity contribution in [3.05, 3.63) is 54.0 Å². The maximum atomic E-state index is 13.4. The summed E-state index contributed by atoms with van der Waals surface area (Å²) in [7, 11) is 0. The zero-order chi connectivity index (χ0) is 12.8. The molecule has 94 valence electrons. The number of nitrogens with zero attached hydrogens (tertiary/aromatic N) is 1. The van der Waals surface area contributed by atoms with Crippen LogP contribution in [0.4, 0.5) is 10.2 Å². The average molecular weight is 262 g/mol. The molecule has 0 aliphatic carbocycles. The Morgan fingerprint density at radius 1 is 1.28 bits per heavy atom. The van der Waals surface area contributed by atoms with Crippen molar-refractivity contribution in [1.82, 2.24) is 4.98 Å². The van der Waals surface area contributed by atoms with Gasteiger partial charge in [0, 0.05) is 23.4 Å². The van der Waals surface area contributed by atoms with Crippen molar-refractivity contribution in [1.29, 1.82) is 0 Å². The van der Waals surface area contributed by atoms with Crippen LogP contribution in [-0.4, -0.2) is 11.5 Å². The van der Waals surface area contributed by atoms with Crippen LogP contribution in [0.5, 0.6) is 0 Å². The molecular weight excluding hydrogens is 247 g/mol. The number of pyridine rings is 1. The zero-order valence-electron chi connectivity index (χ0n) is 10.2. The maximum Gasteiger partial charge on any atom is 0.136 e. The molecular formula is C14H15FN2S. The summed E-state index contributed by atoms with van der Waals surface area (Å²) < 4.78 is 13.4. The number of anilines is 1. The van der Waals surface area contributed by atoms with Crippen LogP contribution in [0.15, 0.2) is 47.5 Å². The molecule has 0 radical (unpaired) electrons. The summed E-state index contributed by atoms with van der Waals surface area (Å²) in [6, 6.07) is 10.8. The lowest BCUT2D eigenvalue weighted by Gasteiger charge is -2.06. The highest BCUT2D eigenvalue weighted by molar-refractivity contribution is 7.98. The molecule has 2 aromatic rings. The van der Waals surface area contributed by atoms with Crippen LogP contribution in [0.25, 0.3) is 0 Å². The number of aromatic nitrogens is 1. The molecule has 0 aliphatic heterocycles. The van der Waals surface area contributed by atoms with E-state index in [1.165, 1.54) is 17.8 Å². The van der Waals surface area contributed by atoms with Crippen LogP contribution >= 0.6 is 11.8 Å². The maximum absolute atomic E-state index is 13.4. The van der Waals surface area contributed by atoms with Gasteiger partial charge >= 0.3 is 0 Å². The molecule has 0 spiro atoms. The van der Waals surface area contributed by atoms with E-state index in [2.05, 4.69) is 10.3 Å². The van der Waals surface area contributed by atoms with Gasteiger partial charge in [0.1, 0.15) is 11.6 Å². The van der Waals surface area contributed by atoms with Crippen LogP contribution in [-0.2, 0) is 5.75 Å². The Bertz CT molecular complexity index is 517. The van der Waals surface area contributed by atoms with E-state index in [1.54, 1.807) is 18.3 Å². The Morgan fingerprint density at radius 2 is 2.11 bits per heavy atom. The first kappa shape index (κ1) is 12.9. The fourth-order valence-corrected chi connectivity index (χ4v) is 2.45. The van der Waals surface area contributed by atoms with Gasteiger partial charge in [0.25, 0.3) is 0 Å². The number of rotatable bonds is 5. The van der Waals surface area contributed by atoms with Crippen LogP contribution in [0.2, 0.25) is 0 Å². The van der Waals surface area contributed by atoms with E-state index < -0.39 is 0 Å². The van der Waals surface area contributed by atoms with Crippen LogP contribution in [0, 0.1) is 5.82 Å². The Kier molecular flexibility index (Phi) is 4.59. The van der Waals surface area contributed by atoms with Gasteiger partial charge in [-0.05, 0) is 36.8 Å². The van der Waals surface area contributed by atoms with E-state index >= 15 is 0 Å². The van der Waals surface area contributed by atoms with E-state index in [0.717, 1.165) is 23.7 Å². The lowest BCUT2D eigenvalue weighted by atomic mass is 10.3. The molecule has 4 heteroatoms. The number of benzene rings is 1. The molecule has 0 aliphatic rings. The van der Waals surface area contributed by atoms with Crippen molar-refractivity contribution in [3.63, 3.8) is 0 Å². The number of thioether (sulfide) groups is 1. The highest BCUT2D eigenvalue weighted by Crippen LogP contribution is 2.25. The normalized spacial score (nSPS) is 10.3. The van der Waals surface area contributed by atoms with Gasteiger partial charge in [-0.2, -0.15) is 0 Å². The first-order chi connectivity index (χ1) is 8.79. The summed E-state index contributed by atoms with van der Waals surface area (Å²) in [5.41, 5.74) is 1.13. The number of hydrogen-bond acceptors (Lipinski definition) is 3. The van der Waals surface area contributed by atoms with Crippen LogP contribution < -0.4 is 5.32 Å². The van der Waals surface area contributed by atoms with Gasteiger partial charge in [0.15, 0.2) is 0 Å². The molecule has 1 N–H and O–H groups in total. The highest BCUT2D eigenvalue weighted by Gasteiger charge is 2.02. The predicted molar refractivity (Wildman–Crippen MR) is 74.4 cm³/mol. The minimum atomic E-state index is -0.163. The summed E-state index contributed by atoms with van der Waals surface area (Å²) in [5.74, 6) is 1.44. The summed E-state index contributed by atoms with van der Waals surface area (Å²) >= 11 is 1.50. The zero-order valence-corrected chi connectivity index (χ0v) is 11.0. The van der Waals surface area contributed by atoms with Gasteiger partial charge in [0.2, 0.25) is 0 Å². The molecule has 0 saturated heterocycles. The van der Waals surface area contributed by atoms with Crippen LogP contribution in [0.1, 0.15) is 12.5 Å². The largest absolute Gasteiger partial charge is 0.370 e. The van der Waals surface area contributed by atoms with Gasteiger partial charge in [-0.15, -0.1) is 11.8 Å². The second-order valence-corrected chi connectivity index (χ2v) is 4.82. The number of nitrogens with one attached hydrogen (secondary N) is 1. The van der Waals surface area contributed by atoms with Crippen LogP contribution in [0.3, 0.4) is 0 Å². The lowest BCUT2D eigenvalue weighted by Crippen LogP contribution is -1.99. The molecule has 0 saturated carbocycles. The minimum absolute atomic E-state index is 0.163. The summed E-state index contributed by atoms with van der Waals surface area (Å²) in [6.45, 7) is 2.87. The second kappa shape index (κ2) is 6.40. The van der Waals surface area contributed by atoms with E-state index in [1.807, 2.05) is 25.1 Å². The lowest BCUT2D eigenvalue weighted by molar-refractivity contribution is 0.602. The molecule has 0 bridgehead atoms. The van der Waals surface area contributed by atoms with E-state index in [0.29, 0.717) is 4.90 Å². The molecule has 0 atom stereocenters. The summed E-state index contributed by atoms with van der Waals surface area (Å²) in [5, 5.41) is 3.16. The summed E-state index contributed by atoms with van der Waals surface area (Å²) in [6.07, 6.45) is 1.77. The van der Waals surface area contributed by atoms with Gasteiger partial charge in [-0.3, -0.25) is 0 Å². The van der Waals surface area contributed by atoms with E-state index in [9.17, 15) is 4.39 Å². The topological polar surface area (TPSA) is 24.9 Å². The molecule has 18 heavy (non-hydrogen) atoms. The SMILES string of the molecule is CCNc1cc(CSc2ccccc2F)ccn1. The highest BCUT2D eigenvalue weighted by atomic mass is 32.2. The Labute approximate surface area is 111 Å². The standard InChI is InChI=1S/C14H15FN2S/c1-2-16-14-9-11(7-8-17-14)10-18-13-6-4-3-5-12(13)15/h3-9H,2,10H2,1H3,(H,16,17). The first-order valence-corrected chi connectivity index (χ1v) is 6.84. The third-order valence-electron chi connectivity index (χ3n) is 2.41. The minimum Gasteiger partial charge on any atom is -0.370 e. The second-order valence-electron chi connectivity index (χ2n) is 3.80. The van der Waals surface area contributed by atoms with Gasteiger partial charge in [-0.25, -0.2) is 9.37 Å². The van der Waals surface area contributed by atoms with Crippen molar-refractivity contribution in [2.75, 3.05) is 11.9 Å². The Morgan fingerprint density at radius 3 is 2.89 bits per heavy atom. The van der Waals surface area contributed by atoms with Crippen molar-refractivity contribution in [2.45, 2.75) is 17.6 Å². The molecule has 1 heterocycles. The predicted octanol–water partition coefficient (Wildman–Crippen LogP) is 3.94. The van der Waals surface area contributed by atoms with E-state index in [-0.39, 0.29) is 5.82 Å². The summed E-state index contributed by atoms with van der Waals surface area (Å²) in [4.78, 5) is 4.89. The molecule has 2 rings (SSSR count). The fraction of sp³-hybridized carbons (Fsp3) is 0.214. The van der Waals surface area contributed by atoms with Crippen molar-refractivity contribution < 1.29 is 4.39 Å². The molecule has 0 fully saturated rings. The van der Waals surface area contributed by atoms with Crippen molar-refractivity contribution in [3.8, 4) is 0 Å². The number of halogens is 1. The smallest absolute Gasteiger partial charge is 0.136 e. The molecule has 2 nitrogen and oxygen atoms in total. The first-order valence-electron chi connectivity index (χ1n) is 5.85. The Balaban J connectivity index is 2.02. The monoisotopic (exact) mass is 262 g/mol. The fourth-order valence-electron chi connectivity index (χ4n) is 1.56. The third kappa shape index (κ3) is 3.47. The molecule has 1 aromatic heterocycles. The van der Waals surface area contributed by atoms with Crippen molar-refractivity contribution >= 4 is 17.6 Å². The quantitative estimate of drug-likeness (QED) is 0.826. The van der Waals surface area contributed by atoms with E-state index in [4.69, 9.17) is 0 Å². The third-order valence-corrected chi connectivity index (χ3v) is 3.53.